The number of sulfone groups is 1. The zero-order chi connectivity index (χ0) is 7.07. The first kappa shape index (κ1) is 7.88. The average molecular weight is 231 g/mol. The number of thiol groups is 1. The maximum absolute atomic E-state index is 10.8. The van der Waals surface area contributed by atoms with E-state index < -0.39 is 9.84 Å². The third kappa shape index (κ3) is 1.85. The Kier molecular flexibility index (Phi) is 2.13. The van der Waals surface area contributed by atoms with E-state index in [9.17, 15) is 8.42 Å². The molecule has 2 atom stereocenters. The monoisotopic (exact) mass is 230 g/mol. The van der Waals surface area contributed by atoms with Crippen molar-refractivity contribution in [2.45, 2.75) is 10.1 Å². The third-order valence-electron chi connectivity index (χ3n) is 1.26. The molecule has 9 heavy (non-hydrogen) atoms. The molecular formula is C4H7BrO2S2. The van der Waals surface area contributed by atoms with Gasteiger partial charge in [0.15, 0.2) is 9.84 Å². The third-order valence-corrected chi connectivity index (χ3v) is 5.58. The molecule has 1 saturated heterocycles. The summed E-state index contributed by atoms with van der Waals surface area (Å²) in [6.45, 7) is 0. The number of hydrogen-bond donors (Lipinski definition) is 1. The van der Waals surface area contributed by atoms with Gasteiger partial charge in [0, 0.05) is 10.1 Å². The Morgan fingerprint density at radius 3 is 2.11 bits per heavy atom. The zero-order valence-corrected chi connectivity index (χ0v) is 7.92. The largest absolute Gasteiger partial charge is 0.229 e. The van der Waals surface area contributed by atoms with E-state index in [0.717, 1.165) is 0 Å². The van der Waals surface area contributed by atoms with Crippen molar-refractivity contribution in [3.8, 4) is 0 Å². The fraction of sp³-hybridized carbons (Fsp3) is 1.00. The Bertz CT molecular complexity index is 183. The van der Waals surface area contributed by atoms with E-state index in [1.165, 1.54) is 0 Å². The van der Waals surface area contributed by atoms with E-state index >= 15 is 0 Å². The number of alkyl halides is 1. The van der Waals surface area contributed by atoms with Crippen LogP contribution in [0.25, 0.3) is 0 Å². The molecule has 0 saturated carbocycles. The molecule has 2 nitrogen and oxygen atoms in total. The second kappa shape index (κ2) is 2.43. The van der Waals surface area contributed by atoms with Gasteiger partial charge in [-0.2, -0.15) is 12.6 Å². The minimum absolute atomic E-state index is 0.0185. The van der Waals surface area contributed by atoms with Crippen LogP contribution in [0.1, 0.15) is 0 Å². The van der Waals surface area contributed by atoms with Crippen LogP contribution >= 0.6 is 28.6 Å². The highest BCUT2D eigenvalue weighted by atomic mass is 79.9. The van der Waals surface area contributed by atoms with Crippen LogP contribution in [0, 0.1) is 0 Å². The summed E-state index contributed by atoms with van der Waals surface area (Å²) in [6.07, 6.45) is 0. The van der Waals surface area contributed by atoms with Crippen molar-refractivity contribution < 1.29 is 8.42 Å². The lowest BCUT2D eigenvalue weighted by atomic mass is 10.4. The summed E-state index contributed by atoms with van der Waals surface area (Å²) < 4.78 is 21.5. The zero-order valence-electron chi connectivity index (χ0n) is 4.62. The van der Waals surface area contributed by atoms with Gasteiger partial charge in [-0.1, -0.05) is 15.9 Å². The van der Waals surface area contributed by atoms with Gasteiger partial charge in [-0.3, -0.25) is 0 Å². The Morgan fingerprint density at radius 2 is 2.00 bits per heavy atom. The molecule has 0 unspecified atom stereocenters. The second-order valence-electron chi connectivity index (χ2n) is 2.16. The van der Waals surface area contributed by atoms with Crippen LogP contribution in [0.15, 0.2) is 0 Å². The van der Waals surface area contributed by atoms with Gasteiger partial charge < -0.3 is 0 Å². The Balaban J connectivity index is 2.77. The van der Waals surface area contributed by atoms with E-state index in [-0.39, 0.29) is 21.6 Å². The molecule has 0 amide bonds. The Hall–Kier alpha value is 0.780. The van der Waals surface area contributed by atoms with E-state index in [1.54, 1.807) is 0 Å². The number of rotatable bonds is 0. The van der Waals surface area contributed by atoms with Gasteiger partial charge in [0.25, 0.3) is 0 Å². The van der Waals surface area contributed by atoms with Crippen molar-refractivity contribution in [3.63, 3.8) is 0 Å². The molecule has 1 fully saturated rings. The van der Waals surface area contributed by atoms with E-state index in [1.807, 2.05) is 0 Å². The lowest BCUT2D eigenvalue weighted by Crippen LogP contribution is -2.09. The minimum Gasteiger partial charge on any atom is -0.229 e. The maximum Gasteiger partial charge on any atom is 0.152 e. The molecule has 0 N–H and O–H groups in total. The quantitative estimate of drug-likeness (QED) is 0.486. The summed E-state index contributed by atoms with van der Waals surface area (Å²) in [5, 5.41) is -0.0185. The first-order valence-electron chi connectivity index (χ1n) is 2.54. The fourth-order valence-electron chi connectivity index (χ4n) is 0.786. The number of hydrogen-bond acceptors (Lipinski definition) is 3. The molecule has 1 rings (SSSR count). The minimum atomic E-state index is -2.77. The second-order valence-corrected chi connectivity index (χ2v) is 6.15. The molecule has 1 aliphatic rings. The first-order chi connectivity index (χ1) is 4.01. The molecule has 0 aliphatic carbocycles. The van der Waals surface area contributed by atoms with Crippen molar-refractivity contribution in [3.05, 3.63) is 0 Å². The van der Waals surface area contributed by atoms with Crippen molar-refractivity contribution in [2.24, 2.45) is 0 Å². The normalized spacial score (nSPS) is 41.1. The van der Waals surface area contributed by atoms with Crippen molar-refractivity contribution in [2.75, 3.05) is 11.5 Å². The van der Waals surface area contributed by atoms with E-state index in [0.29, 0.717) is 0 Å². The molecule has 0 aromatic rings. The molecule has 0 spiro atoms. The van der Waals surface area contributed by atoms with Crippen LogP contribution in [-0.4, -0.2) is 30.0 Å². The summed E-state index contributed by atoms with van der Waals surface area (Å²) in [5.74, 6) is 0.452. The van der Waals surface area contributed by atoms with E-state index in [4.69, 9.17) is 0 Å². The fourth-order valence-corrected chi connectivity index (χ4v) is 4.96. The Labute approximate surface area is 68.5 Å². The molecule has 54 valence electrons. The maximum atomic E-state index is 10.8. The standard InChI is InChI=1S/C4H7BrO2S2/c5-3-1-9(6,7)2-4(3)8/h3-4,8H,1-2H2/t3-,4-/m1/s1. The molecule has 1 aliphatic heterocycles. The van der Waals surface area contributed by atoms with Gasteiger partial charge in [-0.15, -0.1) is 0 Å². The highest BCUT2D eigenvalue weighted by Gasteiger charge is 2.33. The smallest absolute Gasteiger partial charge is 0.152 e. The Morgan fingerprint density at radius 1 is 1.44 bits per heavy atom. The van der Waals surface area contributed by atoms with Crippen LogP contribution in [0.2, 0.25) is 0 Å². The van der Waals surface area contributed by atoms with Gasteiger partial charge in [-0.05, 0) is 0 Å². The van der Waals surface area contributed by atoms with Gasteiger partial charge >= 0.3 is 0 Å². The average Bonchev–Trinajstić information content (AvgIpc) is 1.79. The van der Waals surface area contributed by atoms with Gasteiger partial charge in [0.2, 0.25) is 0 Å². The summed E-state index contributed by atoms with van der Waals surface area (Å²) >= 11 is 7.30. The molecule has 0 bridgehead atoms. The van der Waals surface area contributed by atoms with Gasteiger partial charge in [0.05, 0.1) is 11.5 Å². The van der Waals surface area contributed by atoms with Crippen LogP contribution in [0.3, 0.4) is 0 Å². The van der Waals surface area contributed by atoms with Gasteiger partial charge in [-0.25, -0.2) is 8.42 Å². The molecule has 5 heteroatoms. The summed E-state index contributed by atoms with van der Waals surface area (Å²) in [4.78, 5) is 0.0471. The molecular weight excluding hydrogens is 224 g/mol. The SMILES string of the molecule is O=S1(=O)C[C@@H](S)[C@H](Br)C1. The van der Waals surface area contributed by atoms with E-state index in [2.05, 4.69) is 28.6 Å². The van der Waals surface area contributed by atoms with Crippen LogP contribution in [-0.2, 0) is 9.84 Å². The molecule has 1 heterocycles. The van der Waals surface area contributed by atoms with Crippen LogP contribution < -0.4 is 0 Å². The summed E-state index contributed by atoms with van der Waals surface area (Å²) in [7, 11) is -2.77. The summed E-state index contributed by atoms with van der Waals surface area (Å²) in [6, 6.07) is 0. The van der Waals surface area contributed by atoms with Crippen LogP contribution in [0.5, 0.6) is 0 Å². The van der Waals surface area contributed by atoms with Crippen molar-refractivity contribution in [1.29, 1.82) is 0 Å². The van der Waals surface area contributed by atoms with Gasteiger partial charge in [0.1, 0.15) is 0 Å². The predicted octanol–water partition coefficient (Wildman–Crippen LogP) is 0.477. The highest BCUT2D eigenvalue weighted by molar-refractivity contribution is 9.09. The first-order valence-corrected chi connectivity index (χ1v) is 5.79. The molecule has 0 radical (unpaired) electrons. The molecule has 0 aromatic carbocycles. The van der Waals surface area contributed by atoms with Crippen molar-refractivity contribution in [1.82, 2.24) is 0 Å². The predicted molar refractivity (Wildman–Crippen MR) is 44.1 cm³/mol. The highest BCUT2D eigenvalue weighted by Crippen LogP contribution is 2.23. The lowest BCUT2D eigenvalue weighted by molar-refractivity contribution is 0.602. The van der Waals surface area contributed by atoms with Crippen molar-refractivity contribution >= 4 is 38.4 Å². The topological polar surface area (TPSA) is 34.1 Å². The van der Waals surface area contributed by atoms with Crippen LogP contribution in [0.4, 0.5) is 0 Å². The number of halogens is 1. The molecule has 0 aromatic heterocycles. The summed E-state index contributed by atoms with van der Waals surface area (Å²) in [5.41, 5.74) is 0. The lowest BCUT2D eigenvalue weighted by Gasteiger charge is -1.99.